The van der Waals surface area contributed by atoms with Gasteiger partial charge in [0.25, 0.3) is 0 Å². The Bertz CT molecular complexity index is 339. The quantitative estimate of drug-likeness (QED) is 0.718. The summed E-state index contributed by atoms with van der Waals surface area (Å²) in [6.45, 7) is 0. The molecule has 0 saturated carbocycles. The molecule has 0 fully saturated rings. The van der Waals surface area contributed by atoms with Crippen LogP contribution < -0.4 is 0 Å². The minimum Gasteiger partial charge on any atom is -0.347 e. The summed E-state index contributed by atoms with van der Waals surface area (Å²) in [5.74, 6) is -0.145. The third kappa shape index (κ3) is 2.63. The highest BCUT2D eigenvalue weighted by Gasteiger charge is 2.19. The van der Waals surface area contributed by atoms with E-state index in [-0.39, 0.29) is 5.91 Å². The Morgan fingerprint density at radius 2 is 2.07 bits per heavy atom. The first-order chi connectivity index (χ1) is 6.52. The first kappa shape index (κ1) is 11.3. The van der Waals surface area contributed by atoms with E-state index in [2.05, 4.69) is 0 Å². The molecule has 1 atom stereocenters. The van der Waals surface area contributed by atoms with Gasteiger partial charge in [0.2, 0.25) is 5.91 Å². The predicted octanol–water partition coefficient (Wildman–Crippen LogP) is 2.71. The van der Waals surface area contributed by atoms with Gasteiger partial charge < -0.3 is 4.90 Å². The summed E-state index contributed by atoms with van der Waals surface area (Å²) in [6.07, 6.45) is 0. The van der Waals surface area contributed by atoms with Crippen LogP contribution in [0.4, 0.5) is 0 Å². The number of halogens is 2. The molecule has 76 valence electrons. The van der Waals surface area contributed by atoms with E-state index in [9.17, 15) is 4.79 Å². The highest BCUT2D eigenvalue weighted by molar-refractivity contribution is 6.32. The average Bonchev–Trinajstić information content (AvgIpc) is 2.15. The van der Waals surface area contributed by atoms with Gasteiger partial charge in [-0.15, -0.1) is 11.6 Å². The van der Waals surface area contributed by atoms with Crippen molar-refractivity contribution < 1.29 is 4.79 Å². The van der Waals surface area contributed by atoms with Crippen LogP contribution in [0.25, 0.3) is 0 Å². The van der Waals surface area contributed by atoms with Crippen molar-refractivity contribution in [2.75, 3.05) is 14.1 Å². The second kappa shape index (κ2) is 4.67. The fourth-order valence-electron chi connectivity index (χ4n) is 1.03. The average molecular weight is 232 g/mol. The standard InChI is InChI=1S/C10H11Cl2NO/c1-13(2)10(14)9(12)7-4-3-5-8(11)6-7/h3-6,9H,1-2H3. The molecule has 0 aliphatic carbocycles. The van der Waals surface area contributed by atoms with Gasteiger partial charge >= 0.3 is 0 Å². The third-order valence-electron chi connectivity index (χ3n) is 1.80. The summed E-state index contributed by atoms with van der Waals surface area (Å²) in [5.41, 5.74) is 0.720. The Morgan fingerprint density at radius 3 is 2.57 bits per heavy atom. The second-order valence-corrected chi connectivity index (χ2v) is 4.02. The SMILES string of the molecule is CN(C)C(=O)C(Cl)c1cccc(Cl)c1. The summed E-state index contributed by atoms with van der Waals surface area (Å²) in [4.78, 5) is 13.0. The van der Waals surface area contributed by atoms with Crippen LogP contribution in [-0.4, -0.2) is 24.9 Å². The van der Waals surface area contributed by atoms with E-state index in [0.717, 1.165) is 5.56 Å². The van der Waals surface area contributed by atoms with Gasteiger partial charge in [-0.3, -0.25) is 4.79 Å². The summed E-state index contributed by atoms with van der Waals surface area (Å²) in [5, 5.41) is -0.0802. The molecule has 0 N–H and O–H groups in total. The predicted molar refractivity (Wildman–Crippen MR) is 58.7 cm³/mol. The smallest absolute Gasteiger partial charge is 0.244 e. The van der Waals surface area contributed by atoms with Crippen LogP contribution in [0.2, 0.25) is 5.02 Å². The maximum atomic E-state index is 11.5. The highest BCUT2D eigenvalue weighted by atomic mass is 35.5. The molecule has 2 nitrogen and oxygen atoms in total. The van der Waals surface area contributed by atoms with Crippen molar-refractivity contribution in [1.29, 1.82) is 0 Å². The summed E-state index contributed by atoms with van der Waals surface area (Å²) in [7, 11) is 3.34. The Kier molecular flexibility index (Phi) is 3.78. The van der Waals surface area contributed by atoms with Crippen molar-refractivity contribution in [3.8, 4) is 0 Å². The third-order valence-corrected chi connectivity index (χ3v) is 2.47. The monoisotopic (exact) mass is 231 g/mol. The van der Waals surface area contributed by atoms with Gasteiger partial charge in [-0.05, 0) is 17.7 Å². The maximum Gasteiger partial charge on any atom is 0.244 e. The van der Waals surface area contributed by atoms with Crippen LogP contribution in [0.3, 0.4) is 0 Å². The van der Waals surface area contributed by atoms with Gasteiger partial charge in [-0.2, -0.15) is 0 Å². The Hall–Kier alpha value is -0.730. The number of benzene rings is 1. The van der Waals surface area contributed by atoms with Gasteiger partial charge in [0.05, 0.1) is 0 Å². The number of amides is 1. The fourth-order valence-corrected chi connectivity index (χ4v) is 1.56. The topological polar surface area (TPSA) is 20.3 Å². The van der Waals surface area contributed by atoms with Gasteiger partial charge in [-0.1, -0.05) is 23.7 Å². The Labute approximate surface area is 93.4 Å². The van der Waals surface area contributed by atoms with E-state index >= 15 is 0 Å². The molecule has 0 spiro atoms. The van der Waals surface area contributed by atoms with E-state index < -0.39 is 5.38 Å². The van der Waals surface area contributed by atoms with Crippen LogP contribution >= 0.6 is 23.2 Å². The number of hydrogen-bond donors (Lipinski definition) is 0. The number of rotatable bonds is 2. The molecule has 14 heavy (non-hydrogen) atoms. The number of carbonyl (C=O) groups is 1. The Morgan fingerprint density at radius 1 is 1.43 bits per heavy atom. The summed E-state index contributed by atoms with van der Waals surface area (Å²) in [6, 6.07) is 7.00. The number of hydrogen-bond acceptors (Lipinski definition) is 1. The lowest BCUT2D eigenvalue weighted by atomic mass is 10.1. The molecule has 0 aliphatic rings. The zero-order chi connectivity index (χ0) is 10.7. The lowest BCUT2D eigenvalue weighted by molar-refractivity contribution is -0.128. The normalized spacial score (nSPS) is 12.3. The molecule has 1 rings (SSSR count). The maximum absolute atomic E-state index is 11.5. The molecule has 0 radical (unpaired) electrons. The van der Waals surface area contributed by atoms with Crippen molar-refractivity contribution >= 4 is 29.1 Å². The lowest BCUT2D eigenvalue weighted by Gasteiger charge is -2.15. The number of carbonyl (C=O) groups excluding carboxylic acids is 1. The summed E-state index contributed by atoms with van der Waals surface area (Å²) >= 11 is 11.8. The number of likely N-dealkylation sites (N-methyl/N-ethyl adjacent to an activating group) is 1. The molecular weight excluding hydrogens is 221 g/mol. The molecule has 4 heteroatoms. The van der Waals surface area contributed by atoms with Crippen molar-refractivity contribution in [3.05, 3.63) is 34.9 Å². The molecule has 0 aliphatic heterocycles. The van der Waals surface area contributed by atoms with E-state index in [0.29, 0.717) is 5.02 Å². The van der Waals surface area contributed by atoms with E-state index in [1.807, 2.05) is 0 Å². The van der Waals surface area contributed by atoms with Crippen molar-refractivity contribution in [1.82, 2.24) is 4.90 Å². The van der Waals surface area contributed by atoms with Crippen molar-refractivity contribution in [3.63, 3.8) is 0 Å². The number of nitrogens with zero attached hydrogens (tertiary/aromatic N) is 1. The van der Waals surface area contributed by atoms with Crippen LogP contribution in [0, 0.1) is 0 Å². The molecular formula is C10H11Cl2NO. The molecule has 1 amide bonds. The minimum absolute atomic E-state index is 0.145. The van der Waals surface area contributed by atoms with Crippen molar-refractivity contribution in [2.45, 2.75) is 5.38 Å². The van der Waals surface area contributed by atoms with Gasteiger partial charge in [-0.25, -0.2) is 0 Å². The molecule has 0 heterocycles. The van der Waals surface area contributed by atoms with E-state index in [4.69, 9.17) is 23.2 Å². The highest BCUT2D eigenvalue weighted by Crippen LogP contribution is 2.24. The van der Waals surface area contributed by atoms with Crippen molar-refractivity contribution in [2.24, 2.45) is 0 Å². The van der Waals surface area contributed by atoms with E-state index in [1.54, 1.807) is 38.4 Å². The van der Waals surface area contributed by atoms with Crippen LogP contribution in [0.1, 0.15) is 10.9 Å². The minimum atomic E-state index is -0.663. The fraction of sp³-hybridized carbons (Fsp3) is 0.300. The number of alkyl halides is 1. The zero-order valence-electron chi connectivity index (χ0n) is 8.00. The second-order valence-electron chi connectivity index (χ2n) is 3.15. The van der Waals surface area contributed by atoms with Gasteiger partial charge in [0.15, 0.2) is 0 Å². The van der Waals surface area contributed by atoms with E-state index in [1.165, 1.54) is 4.90 Å². The molecule has 0 aromatic heterocycles. The molecule has 1 unspecified atom stereocenters. The van der Waals surface area contributed by atoms with Gasteiger partial charge in [0, 0.05) is 19.1 Å². The molecule has 1 aromatic rings. The molecule has 1 aromatic carbocycles. The Balaban J connectivity index is 2.89. The van der Waals surface area contributed by atoms with Crippen LogP contribution in [0.5, 0.6) is 0 Å². The van der Waals surface area contributed by atoms with Crippen LogP contribution in [0.15, 0.2) is 24.3 Å². The zero-order valence-corrected chi connectivity index (χ0v) is 9.51. The first-order valence-corrected chi connectivity index (χ1v) is 4.94. The summed E-state index contributed by atoms with van der Waals surface area (Å²) < 4.78 is 0. The van der Waals surface area contributed by atoms with Gasteiger partial charge in [0.1, 0.15) is 5.38 Å². The first-order valence-electron chi connectivity index (χ1n) is 4.13. The molecule has 0 bridgehead atoms. The van der Waals surface area contributed by atoms with Crippen LogP contribution in [-0.2, 0) is 4.79 Å². The molecule has 0 saturated heterocycles. The lowest BCUT2D eigenvalue weighted by Crippen LogP contribution is -2.25. The largest absolute Gasteiger partial charge is 0.347 e.